The zero-order valence-electron chi connectivity index (χ0n) is 9.33. The molecule has 3 N–H and O–H groups in total. The molecule has 0 aromatic carbocycles. The molecule has 0 saturated heterocycles. The normalized spacial score (nSPS) is 12.8. The Kier molecular flexibility index (Phi) is 5.20. The molecular formula is C10H16IN3O2. The quantitative estimate of drug-likeness (QED) is 0.706. The van der Waals surface area contributed by atoms with E-state index in [0.717, 1.165) is 6.42 Å². The van der Waals surface area contributed by atoms with Crippen molar-refractivity contribution in [3.05, 3.63) is 20.3 Å². The Morgan fingerprint density at radius 1 is 1.62 bits per heavy atom. The number of aliphatic hydroxyl groups excluding tert-OH is 1. The van der Waals surface area contributed by atoms with Crippen LogP contribution in [0, 0.1) is 9.49 Å². The van der Waals surface area contributed by atoms with E-state index in [1.54, 1.807) is 0 Å². The van der Waals surface area contributed by atoms with Crippen molar-refractivity contribution in [2.24, 2.45) is 5.92 Å². The number of aliphatic hydroxyl groups is 1. The van der Waals surface area contributed by atoms with Gasteiger partial charge in [-0.2, -0.15) is 0 Å². The Labute approximate surface area is 108 Å². The molecular weight excluding hydrogens is 321 g/mol. The van der Waals surface area contributed by atoms with E-state index in [0.29, 0.717) is 21.9 Å². The first-order valence-corrected chi connectivity index (χ1v) is 6.23. The number of H-pyrrole nitrogens is 1. The van der Waals surface area contributed by atoms with Crippen molar-refractivity contribution in [3.63, 3.8) is 0 Å². The molecule has 90 valence electrons. The van der Waals surface area contributed by atoms with Crippen molar-refractivity contribution in [2.75, 3.05) is 11.9 Å². The highest BCUT2D eigenvalue weighted by Gasteiger charge is 2.09. The Morgan fingerprint density at radius 3 is 2.94 bits per heavy atom. The summed E-state index contributed by atoms with van der Waals surface area (Å²) in [5, 5.41) is 12.6. The van der Waals surface area contributed by atoms with Crippen molar-refractivity contribution in [3.8, 4) is 0 Å². The Bertz CT molecular complexity index is 392. The number of halogens is 1. The van der Waals surface area contributed by atoms with Crippen LogP contribution in [0.15, 0.2) is 11.1 Å². The monoisotopic (exact) mass is 337 g/mol. The van der Waals surface area contributed by atoms with Crippen LogP contribution < -0.4 is 10.9 Å². The first kappa shape index (κ1) is 13.4. The summed E-state index contributed by atoms with van der Waals surface area (Å²) in [5.74, 6) is 0.968. The van der Waals surface area contributed by atoms with Gasteiger partial charge in [0.25, 0.3) is 5.56 Å². The maximum Gasteiger partial charge on any atom is 0.266 e. The number of rotatable bonds is 5. The molecule has 0 amide bonds. The van der Waals surface area contributed by atoms with E-state index in [-0.39, 0.29) is 5.56 Å². The van der Waals surface area contributed by atoms with E-state index in [2.05, 4.69) is 29.1 Å². The summed E-state index contributed by atoms with van der Waals surface area (Å²) in [6.07, 6.45) is 1.66. The molecule has 1 heterocycles. The highest BCUT2D eigenvalue weighted by Crippen LogP contribution is 2.10. The van der Waals surface area contributed by atoms with E-state index in [4.69, 9.17) is 0 Å². The molecule has 16 heavy (non-hydrogen) atoms. The Balaban J connectivity index is 2.55. The lowest BCUT2D eigenvalue weighted by molar-refractivity contribution is 0.161. The second kappa shape index (κ2) is 6.19. The van der Waals surface area contributed by atoms with Gasteiger partial charge in [-0.15, -0.1) is 0 Å². The van der Waals surface area contributed by atoms with Gasteiger partial charge in [0.15, 0.2) is 0 Å². The van der Waals surface area contributed by atoms with Gasteiger partial charge in [-0.25, -0.2) is 4.98 Å². The maximum atomic E-state index is 11.3. The first-order valence-electron chi connectivity index (χ1n) is 5.15. The molecule has 0 fully saturated rings. The minimum Gasteiger partial charge on any atom is -0.391 e. The van der Waals surface area contributed by atoms with Gasteiger partial charge in [-0.3, -0.25) is 4.79 Å². The predicted octanol–water partition coefficient (Wildman–Crippen LogP) is 1.19. The summed E-state index contributed by atoms with van der Waals surface area (Å²) in [5.41, 5.74) is -0.170. The fourth-order valence-corrected chi connectivity index (χ4v) is 1.83. The second-order valence-electron chi connectivity index (χ2n) is 4.06. The van der Waals surface area contributed by atoms with Crippen LogP contribution in [0.4, 0.5) is 5.82 Å². The molecule has 1 atom stereocenters. The molecule has 0 aliphatic heterocycles. The van der Waals surface area contributed by atoms with Gasteiger partial charge in [0.2, 0.25) is 0 Å². The average Bonchev–Trinajstić information content (AvgIpc) is 2.19. The fourth-order valence-electron chi connectivity index (χ4n) is 1.35. The SMILES string of the molecule is CC(C)CC(O)CNc1nc[nH]c(=O)c1I. The minimum atomic E-state index is -0.420. The average molecular weight is 337 g/mol. The third-order valence-corrected chi connectivity index (χ3v) is 3.05. The lowest BCUT2D eigenvalue weighted by atomic mass is 10.1. The molecule has 0 spiro atoms. The van der Waals surface area contributed by atoms with Crippen LogP contribution in [0.2, 0.25) is 0 Å². The number of hydrogen-bond acceptors (Lipinski definition) is 4. The fraction of sp³-hybridized carbons (Fsp3) is 0.600. The first-order chi connectivity index (χ1) is 7.50. The second-order valence-corrected chi connectivity index (χ2v) is 5.14. The van der Waals surface area contributed by atoms with E-state index in [9.17, 15) is 9.90 Å². The highest BCUT2D eigenvalue weighted by atomic mass is 127. The summed E-state index contributed by atoms with van der Waals surface area (Å²) >= 11 is 1.93. The molecule has 1 unspecified atom stereocenters. The molecule has 0 saturated carbocycles. The zero-order chi connectivity index (χ0) is 12.1. The molecule has 6 heteroatoms. The molecule has 0 radical (unpaired) electrons. The molecule has 5 nitrogen and oxygen atoms in total. The van der Waals surface area contributed by atoms with Crippen LogP contribution in [0.1, 0.15) is 20.3 Å². The van der Waals surface area contributed by atoms with Crippen molar-refractivity contribution in [2.45, 2.75) is 26.4 Å². The van der Waals surface area contributed by atoms with E-state index >= 15 is 0 Å². The number of hydrogen-bond donors (Lipinski definition) is 3. The van der Waals surface area contributed by atoms with Gasteiger partial charge in [0.05, 0.1) is 12.4 Å². The lowest BCUT2D eigenvalue weighted by Crippen LogP contribution is -2.23. The smallest absolute Gasteiger partial charge is 0.266 e. The van der Waals surface area contributed by atoms with Gasteiger partial charge in [0, 0.05) is 6.54 Å². The van der Waals surface area contributed by atoms with Crippen LogP contribution >= 0.6 is 22.6 Å². The van der Waals surface area contributed by atoms with Crippen LogP contribution in [-0.4, -0.2) is 27.7 Å². The van der Waals surface area contributed by atoms with Crippen molar-refractivity contribution in [1.82, 2.24) is 9.97 Å². The lowest BCUT2D eigenvalue weighted by Gasteiger charge is -2.14. The number of anilines is 1. The van der Waals surface area contributed by atoms with E-state index in [1.165, 1.54) is 6.33 Å². The molecule has 1 aromatic heterocycles. The molecule has 0 aliphatic carbocycles. The summed E-state index contributed by atoms with van der Waals surface area (Å²) in [6, 6.07) is 0. The van der Waals surface area contributed by atoms with Gasteiger partial charge < -0.3 is 15.4 Å². The highest BCUT2D eigenvalue weighted by molar-refractivity contribution is 14.1. The van der Waals surface area contributed by atoms with E-state index < -0.39 is 6.10 Å². The van der Waals surface area contributed by atoms with Crippen molar-refractivity contribution >= 4 is 28.4 Å². The van der Waals surface area contributed by atoms with Gasteiger partial charge >= 0.3 is 0 Å². The molecule has 1 aromatic rings. The Hall–Kier alpha value is -0.630. The third-order valence-electron chi connectivity index (χ3n) is 2.05. The van der Waals surface area contributed by atoms with Gasteiger partial charge in [-0.05, 0) is 34.9 Å². The minimum absolute atomic E-state index is 0.170. The van der Waals surface area contributed by atoms with Crippen LogP contribution in [0.25, 0.3) is 0 Å². The number of aromatic nitrogens is 2. The van der Waals surface area contributed by atoms with Crippen molar-refractivity contribution in [1.29, 1.82) is 0 Å². The Morgan fingerprint density at radius 2 is 2.31 bits per heavy atom. The number of nitrogens with one attached hydrogen (secondary N) is 2. The zero-order valence-corrected chi connectivity index (χ0v) is 11.5. The number of aromatic amines is 1. The van der Waals surface area contributed by atoms with E-state index in [1.807, 2.05) is 22.6 Å². The van der Waals surface area contributed by atoms with Gasteiger partial charge in [0.1, 0.15) is 9.39 Å². The summed E-state index contributed by atoms with van der Waals surface area (Å²) < 4.78 is 0.511. The van der Waals surface area contributed by atoms with Crippen LogP contribution in [0.5, 0.6) is 0 Å². The van der Waals surface area contributed by atoms with Gasteiger partial charge in [-0.1, -0.05) is 13.8 Å². The topological polar surface area (TPSA) is 78.0 Å². The maximum absolute atomic E-state index is 11.3. The van der Waals surface area contributed by atoms with Crippen LogP contribution in [0.3, 0.4) is 0 Å². The summed E-state index contributed by atoms with van der Waals surface area (Å²) in [4.78, 5) is 17.7. The third kappa shape index (κ3) is 4.09. The summed E-state index contributed by atoms with van der Waals surface area (Å²) in [6.45, 7) is 4.52. The number of nitrogens with zero attached hydrogens (tertiary/aromatic N) is 1. The standard InChI is InChI=1S/C10H16IN3O2/c1-6(2)3-7(15)4-12-9-8(11)10(16)14-5-13-9/h5-7,15H,3-4H2,1-2H3,(H2,12,13,14,16). The van der Waals surface area contributed by atoms with Crippen molar-refractivity contribution < 1.29 is 5.11 Å². The van der Waals surface area contributed by atoms with Crippen LogP contribution in [-0.2, 0) is 0 Å². The summed E-state index contributed by atoms with van der Waals surface area (Å²) in [7, 11) is 0. The molecule has 0 aliphatic rings. The predicted molar refractivity (Wildman–Crippen MR) is 71.5 cm³/mol. The largest absolute Gasteiger partial charge is 0.391 e. The molecule has 1 rings (SSSR count). The molecule has 0 bridgehead atoms.